The van der Waals surface area contributed by atoms with Crippen molar-refractivity contribution >= 4 is 17.6 Å². The Kier molecular flexibility index (Phi) is 4.85. The minimum absolute atomic E-state index is 0.0358. The number of nitrogens with one attached hydrogen (secondary N) is 1. The number of carboxylic acids is 1. The van der Waals surface area contributed by atoms with E-state index < -0.39 is 10.9 Å². The number of carbonyl (C=O) groups is 1. The van der Waals surface area contributed by atoms with Crippen molar-refractivity contribution in [3.8, 4) is 0 Å². The molecule has 19 heavy (non-hydrogen) atoms. The number of aromatic nitrogens is 2. The largest absolute Gasteiger partial charge is 0.481 e. The van der Waals surface area contributed by atoms with Crippen LogP contribution >= 0.6 is 0 Å². The van der Waals surface area contributed by atoms with Gasteiger partial charge < -0.3 is 20.5 Å². The molecule has 106 valence electrons. The van der Waals surface area contributed by atoms with Crippen LogP contribution in [0.4, 0.5) is 11.6 Å². The third-order valence-corrected chi connectivity index (χ3v) is 3.07. The van der Waals surface area contributed by atoms with Crippen molar-refractivity contribution in [1.29, 1.82) is 0 Å². The fourth-order valence-electron chi connectivity index (χ4n) is 1.77. The normalized spacial score (nSPS) is 12.2. The summed E-state index contributed by atoms with van der Waals surface area (Å²) in [5, 5.41) is 22.6. The van der Waals surface area contributed by atoms with Crippen LogP contribution in [0.3, 0.4) is 0 Å². The van der Waals surface area contributed by atoms with Crippen LogP contribution in [0.25, 0.3) is 0 Å². The summed E-state index contributed by atoms with van der Waals surface area (Å²) in [5.74, 6) is -0.339. The SMILES string of the molecule is CCC(CNc1c([N+](=O)[O-])nc(C)n1C)CC(=O)O. The summed E-state index contributed by atoms with van der Waals surface area (Å²) in [6.45, 7) is 3.92. The lowest BCUT2D eigenvalue weighted by atomic mass is 10.0. The molecule has 0 saturated heterocycles. The Labute approximate surface area is 110 Å². The molecule has 0 bridgehead atoms. The molecule has 1 atom stereocenters. The number of nitrogens with zero attached hydrogens (tertiary/aromatic N) is 3. The van der Waals surface area contributed by atoms with Crippen molar-refractivity contribution in [1.82, 2.24) is 9.55 Å². The zero-order chi connectivity index (χ0) is 14.6. The van der Waals surface area contributed by atoms with Gasteiger partial charge in [0.1, 0.15) is 0 Å². The molecule has 1 aromatic heterocycles. The Hall–Kier alpha value is -2.12. The van der Waals surface area contributed by atoms with Gasteiger partial charge in [-0.15, -0.1) is 0 Å². The summed E-state index contributed by atoms with van der Waals surface area (Å²) >= 11 is 0. The second-order valence-corrected chi connectivity index (χ2v) is 4.40. The zero-order valence-electron chi connectivity index (χ0n) is 11.2. The lowest BCUT2D eigenvalue weighted by Gasteiger charge is -2.14. The molecule has 0 aliphatic carbocycles. The van der Waals surface area contributed by atoms with E-state index in [1.54, 1.807) is 18.5 Å². The molecule has 0 aliphatic rings. The standard InChI is InChI=1S/C11H18N4O4/c1-4-8(5-9(16)17)6-12-10-11(15(18)19)13-7(2)14(10)3/h8,12H,4-6H2,1-3H3,(H,16,17). The molecule has 2 N–H and O–H groups in total. The molecule has 0 radical (unpaired) electrons. The minimum Gasteiger partial charge on any atom is -0.481 e. The molecular weight excluding hydrogens is 252 g/mol. The van der Waals surface area contributed by atoms with E-state index in [9.17, 15) is 14.9 Å². The number of aliphatic carboxylic acids is 1. The summed E-state index contributed by atoms with van der Waals surface area (Å²) in [6.07, 6.45) is 0.720. The third kappa shape index (κ3) is 3.67. The first-order chi connectivity index (χ1) is 8.86. The first-order valence-electron chi connectivity index (χ1n) is 6.00. The van der Waals surface area contributed by atoms with Gasteiger partial charge in [0.25, 0.3) is 0 Å². The molecule has 1 heterocycles. The van der Waals surface area contributed by atoms with Gasteiger partial charge in [-0.25, -0.2) is 0 Å². The zero-order valence-corrected chi connectivity index (χ0v) is 11.2. The number of anilines is 1. The predicted octanol–water partition coefficient (Wildman–Crippen LogP) is 1.55. The van der Waals surface area contributed by atoms with Crippen LogP contribution in [-0.2, 0) is 11.8 Å². The predicted molar refractivity (Wildman–Crippen MR) is 69.1 cm³/mol. The molecule has 0 aromatic carbocycles. The molecule has 8 heteroatoms. The Morgan fingerprint density at radius 1 is 1.63 bits per heavy atom. The Bertz CT molecular complexity index is 483. The van der Waals surface area contributed by atoms with E-state index in [-0.39, 0.29) is 18.2 Å². The first-order valence-corrected chi connectivity index (χ1v) is 6.00. The maximum Gasteiger partial charge on any atom is 0.406 e. The molecule has 8 nitrogen and oxygen atoms in total. The van der Waals surface area contributed by atoms with Crippen LogP contribution in [0.2, 0.25) is 0 Å². The van der Waals surface area contributed by atoms with Gasteiger partial charge in [-0.05, 0) is 15.8 Å². The van der Waals surface area contributed by atoms with Gasteiger partial charge in [0.2, 0.25) is 11.6 Å². The highest BCUT2D eigenvalue weighted by molar-refractivity contribution is 5.67. The smallest absolute Gasteiger partial charge is 0.406 e. The second kappa shape index (κ2) is 6.17. The molecule has 1 aromatic rings. The quantitative estimate of drug-likeness (QED) is 0.574. The van der Waals surface area contributed by atoms with Gasteiger partial charge in [0.15, 0.2) is 0 Å². The topological polar surface area (TPSA) is 110 Å². The number of imidazole rings is 1. The highest BCUT2D eigenvalue weighted by Crippen LogP contribution is 2.24. The van der Waals surface area contributed by atoms with E-state index in [2.05, 4.69) is 10.3 Å². The van der Waals surface area contributed by atoms with Gasteiger partial charge in [0.05, 0.1) is 0 Å². The number of aryl methyl sites for hydroxylation is 1. The highest BCUT2D eigenvalue weighted by atomic mass is 16.6. The summed E-state index contributed by atoms with van der Waals surface area (Å²) in [4.78, 5) is 24.9. The van der Waals surface area contributed by atoms with Crippen LogP contribution in [0.1, 0.15) is 25.6 Å². The molecule has 1 unspecified atom stereocenters. The van der Waals surface area contributed by atoms with Crippen LogP contribution in [-0.4, -0.2) is 32.1 Å². The molecule has 0 aliphatic heterocycles. The fraction of sp³-hybridized carbons (Fsp3) is 0.636. The Morgan fingerprint density at radius 2 is 2.26 bits per heavy atom. The summed E-state index contributed by atoms with van der Waals surface area (Å²) in [7, 11) is 1.68. The van der Waals surface area contributed by atoms with Crippen molar-refractivity contribution in [3.05, 3.63) is 15.9 Å². The second-order valence-electron chi connectivity index (χ2n) is 4.40. The van der Waals surface area contributed by atoms with Crippen molar-refractivity contribution in [3.63, 3.8) is 0 Å². The van der Waals surface area contributed by atoms with E-state index in [0.717, 1.165) is 0 Å². The average molecular weight is 270 g/mol. The van der Waals surface area contributed by atoms with E-state index >= 15 is 0 Å². The molecule has 0 fully saturated rings. The molecular formula is C11H18N4O4. The Balaban J connectivity index is 2.81. The summed E-state index contributed by atoms with van der Waals surface area (Å²) in [5.41, 5.74) is 0. The summed E-state index contributed by atoms with van der Waals surface area (Å²) < 4.78 is 1.59. The van der Waals surface area contributed by atoms with Gasteiger partial charge in [-0.1, -0.05) is 13.3 Å². The van der Waals surface area contributed by atoms with Crippen molar-refractivity contribution in [2.75, 3.05) is 11.9 Å². The minimum atomic E-state index is -0.871. The lowest BCUT2D eigenvalue weighted by Crippen LogP contribution is -2.19. The fourth-order valence-corrected chi connectivity index (χ4v) is 1.77. The average Bonchev–Trinajstić information content (AvgIpc) is 2.61. The van der Waals surface area contributed by atoms with Crippen molar-refractivity contribution < 1.29 is 14.8 Å². The number of carboxylic acid groups (broad SMARTS) is 1. The Morgan fingerprint density at radius 3 is 2.74 bits per heavy atom. The van der Waals surface area contributed by atoms with E-state index in [0.29, 0.717) is 24.6 Å². The molecule has 1 rings (SSSR count). The third-order valence-electron chi connectivity index (χ3n) is 3.07. The van der Waals surface area contributed by atoms with Crippen molar-refractivity contribution in [2.45, 2.75) is 26.7 Å². The van der Waals surface area contributed by atoms with Crippen LogP contribution < -0.4 is 5.32 Å². The van der Waals surface area contributed by atoms with E-state index in [1.807, 2.05) is 6.92 Å². The first kappa shape index (κ1) is 14.9. The van der Waals surface area contributed by atoms with E-state index in [1.165, 1.54) is 0 Å². The van der Waals surface area contributed by atoms with Crippen LogP contribution in [0.5, 0.6) is 0 Å². The molecule has 0 saturated carbocycles. The lowest BCUT2D eigenvalue weighted by molar-refractivity contribution is -0.388. The van der Waals surface area contributed by atoms with Gasteiger partial charge in [0, 0.05) is 26.9 Å². The van der Waals surface area contributed by atoms with Crippen LogP contribution in [0, 0.1) is 23.0 Å². The number of rotatable bonds is 7. The van der Waals surface area contributed by atoms with Gasteiger partial charge in [-0.3, -0.25) is 9.36 Å². The maximum absolute atomic E-state index is 10.9. The maximum atomic E-state index is 10.9. The number of nitro groups is 1. The molecule has 0 amide bonds. The van der Waals surface area contributed by atoms with Crippen molar-refractivity contribution in [2.24, 2.45) is 13.0 Å². The van der Waals surface area contributed by atoms with Gasteiger partial charge in [-0.2, -0.15) is 0 Å². The monoisotopic (exact) mass is 270 g/mol. The molecule has 0 spiro atoms. The summed E-state index contributed by atoms with van der Waals surface area (Å²) in [6, 6.07) is 0. The van der Waals surface area contributed by atoms with E-state index in [4.69, 9.17) is 5.11 Å². The number of hydrogen-bond acceptors (Lipinski definition) is 5. The number of hydrogen-bond donors (Lipinski definition) is 2. The highest BCUT2D eigenvalue weighted by Gasteiger charge is 2.24. The van der Waals surface area contributed by atoms with Gasteiger partial charge >= 0.3 is 11.8 Å². The van der Waals surface area contributed by atoms with Crippen LogP contribution in [0.15, 0.2) is 0 Å².